The number of pyridine rings is 1. The van der Waals surface area contributed by atoms with E-state index in [9.17, 15) is 0 Å². The molecular weight excluding hydrogens is 170 g/mol. The van der Waals surface area contributed by atoms with Gasteiger partial charge in [0.25, 0.3) is 0 Å². The standard InChI is InChI=1S/C8H11N3S/c9-11-8-4-3-7(6-10-8)2-1-5-12/h1-4,6,12H,5,9H2,(H,10,11). The van der Waals surface area contributed by atoms with Crippen LogP contribution >= 0.6 is 12.6 Å². The monoisotopic (exact) mass is 181 g/mol. The summed E-state index contributed by atoms with van der Waals surface area (Å²) >= 11 is 4.05. The fourth-order valence-corrected chi connectivity index (χ4v) is 0.883. The predicted octanol–water partition coefficient (Wildman–Crippen LogP) is 1.31. The van der Waals surface area contributed by atoms with Crippen molar-refractivity contribution >= 4 is 24.5 Å². The third-order valence-corrected chi connectivity index (χ3v) is 1.56. The van der Waals surface area contributed by atoms with Crippen molar-refractivity contribution in [1.29, 1.82) is 0 Å². The fraction of sp³-hybridized carbons (Fsp3) is 0.125. The molecule has 12 heavy (non-hydrogen) atoms. The Labute approximate surface area is 77.1 Å². The zero-order chi connectivity index (χ0) is 8.81. The summed E-state index contributed by atoms with van der Waals surface area (Å²) in [5.41, 5.74) is 3.50. The van der Waals surface area contributed by atoms with Gasteiger partial charge in [-0.1, -0.05) is 12.2 Å². The minimum absolute atomic E-state index is 0.665. The first kappa shape index (κ1) is 9.09. The molecule has 0 saturated heterocycles. The van der Waals surface area contributed by atoms with E-state index in [1.807, 2.05) is 24.3 Å². The number of nitrogens with one attached hydrogen (secondary N) is 1. The Balaban J connectivity index is 2.71. The number of anilines is 1. The van der Waals surface area contributed by atoms with Crippen molar-refractivity contribution in [3.8, 4) is 0 Å². The number of hydrogen-bond acceptors (Lipinski definition) is 4. The van der Waals surface area contributed by atoms with Gasteiger partial charge in [-0.05, 0) is 17.7 Å². The highest BCUT2D eigenvalue weighted by Gasteiger charge is 1.88. The van der Waals surface area contributed by atoms with Crippen LogP contribution in [0.15, 0.2) is 24.4 Å². The molecule has 0 unspecified atom stereocenters. The fourth-order valence-electron chi connectivity index (χ4n) is 0.778. The average molecular weight is 181 g/mol. The Bertz CT molecular complexity index is 256. The van der Waals surface area contributed by atoms with E-state index in [1.165, 1.54) is 0 Å². The van der Waals surface area contributed by atoms with Crippen molar-refractivity contribution in [1.82, 2.24) is 4.98 Å². The van der Waals surface area contributed by atoms with Gasteiger partial charge in [-0.3, -0.25) is 0 Å². The zero-order valence-electron chi connectivity index (χ0n) is 6.57. The number of nitrogen functional groups attached to an aromatic ring is 1. The molecule has 4 heteroatoms. The van der Waals surface area contributed by atoms with Crippen molar-refractivity contribution in [3.63, 3.8) is 0 Å². The van der Waals surface area contributed by atoms with Gasteiger partial charge in [0.05, 0.1) is 0 Å². The van der Waals surface area contributed by atoms with Gasteiger partial charge in [-0.2, -0.15) is 12.6 Å². The Morgan fingerprint density at radius 2 is 2.42 bits per heavy atom. The quantitative estimate of drug-likeness (QED) is 0.374. The molecule has 0 spiro atoms. The number of hydrogen-bond donors (Lipinski definition) is 3. The number of nitrogens with zero attached hydrogens (tertiary/aromatic N) is 1. The highest BCUT2D eigenvalue weighted by Crippen LogP contribution is 2.04. The molecule has 0 bridgehead atoms. The summed E-state index contributed by atoms with van der Waals surface area (Å²) in [6.07, 6.45) is 5.66. The van der Waals surface area contributed by atoms with Crippen molar-refractivity contribution in [3.05, 3.63) is 30.0 Å². The molecule has 0 aromatic carbocycles. The SMILES string of the molecule is NNc1ccc(C=CCS)cn1. The number of aromatic nitrogens is 1. The Morgan fingerprint density at radius 3 is 2.92 bits per heavy atom. The largest absolute Gasteiger partial charge is 0.308 e. The minimum Gasteiger partial charge on any atom is -0.308 e. The Hall–Kier alpha value is -1.00. The lowest BCUT2D eigenvalue weighted by molar-refractivity contribution is 1.22. The smallest absolute Gasteiger partial charge is 0.139 e. The summed E-state index contributed by atoms with van der Waals surface area (Å²) in [7, 11) is 0. The van der Waals surface area contributed by atoms with Crippen molar-refractivity contribution in [2.45, 2.75) is 0 Å². The molecule has 0 amide bonds. The molecule has 1 aromatic rings. The average Bonchev–Trinajstić information content (AvgIpc) is 2.15. The molecule has 0 aliphatic carbocycles. The van der Waals surface area contributed by atoms with Crippen LogP contribution in [0.4, 0.5) is 5.82 Å². The van der Waals surface area contributed by atoms with Crippen LogP contribution in [0.1, 0.15) is 5.56 Å². The normalized spacial score (nSPS) is 10.5. The summed E-state index contributed by atoms with van der Waals surface area (Å²) in [6, 6.07) is 3.75. The van der Waals surface area contributed by atoms with E-state index in [2.05, 4.69) is 23.0 Å². The molecule has 1 heterocycles. The summed E-state index contributed by atoms with van der Waals surface area (Å²) in [5.74, 6) is 6.56. The van der Waals surface area contributed by atoms with Crippen molar-refractivity contribution in [2.24, 2.45) is 5.84 Å². The molecule has 0 fully saturated rings. The van der Waals surface area contributed by atoms with E-state index in [0.29, 0.717) is 5.82 Å². The number of nitrogens with two attached hydrogens (primary N) is 1. The van der Waals surface area contributed by atoms with E-state index in [1.54, 1.807) is 6.20 Å². The maximum Gasteiger partial charge on any atom is 0.139 e. The Kier molecular flexibility index (Phi) is 3.63. The molecule has 3 nitrogen and oxygen atoms in total. The van der Waals surface area contributed by atoms with Crippen molar-refractivity contribution in [2.75, 3.05) is 11.2 Å². The molecule has 0 aliphatic heterocycles. The van der Waals surface area contributed by atoms with E-state index >= 15 is 0 Å². The van der Waals surface area contributed by atoms with E-state index in [0.717, 1.165) is 11.3 Å². The predicted molar refractivity (Wildman–Crippen MR) is 54.9 cm³/mol. The molecule has 64 valence electrons. The third-order valence-electron chi connectivity index (χ3n) is 1.35. The van der Waals surface area contributed by atoms with Crippen LogP contribution in [-0.2, 0) is 0 Å². The molecular formula is C8H11N3S. The van der Waals surface area contributed by atoms with Crippen LogP contribution in [0, 0.1) is 0 Å². The summed E-state index contributed by atoms with van der Waals surface area (Å²) in [6.45, 7) is 0. The molecule has 0 saturated carbocycles. The maximum atomic E-state index is 5.16. The number of thiol groups is 1. The second-order valence-electron chi connectivity index (χ2n) is 2.21. The van der Waals surface area contributed by atoms with Gasteiger partial charge in [-0.25, -0.2) is 10.8 Å². The molecule has 1 rings (SSSR count). The second kappa shape index (κ2) is 4.79. The first-order chi connectivity index (χ1) is 5.86. The van der Waals surface area contributed by atoms with E-state index in [-0.39, 0.29) is 0 Å². The minimum atomic E-state index is 0.665. The molecule has 0 atom stereocenters. The van der Waals surface area contributed by atoms with Gasteiger partial charge in [0.15, 0.2) is 0 Å². The summed E-state index contributed by atoms with van der Waals surface area (Å²) in [4.78, 5) is 4.04. The summed E-state index contributed by atoms with van der Waals surface area (Å²) in [5, 5.41) is 0. The highest BCUT2D eigenvalue weighted by atomic mass is 32.1. The maximum absolute atomic E-state index is 5.16. The zero-order valence-corrected chi connectivity index (χ0v) is 7.46. The van der Waals surface area contributed by atoms with E-state index in [4.69, 9.17) is 5.84 Å². The number of hydrazine groups is 1. The first-order valence-electron chi connectivity index (χ1n) is 3.57. The van der Waals surface area contributed by atoms with Crippen LogP contribution < -0.4 is 11.3 Å². The van der Waals surface area contributed by atoms with Gasteiger partial charge in [0.1, 0.15) is 5.82 Å². The van der Waals surface area contributed by atoms with Crippen molar-refractivity contribution < 1.29 is 0 Å². The lowest BCUT2D eigenvalue weighted by atomic mass is 10.2. The first-order valence-corrected chi connectivity index (χ1v) is 4.20. The van der Waals surface area contributed by atoms with Gasteiger partial charge in [0, 0.05) is 11.9 Å². The lowest BCUT2D eigenvalue weighted by Gasteiger charge is -1.97. The van der Waals surface area contributed by atoms with E-state index < -0.39 is 0 Å². The molecule has 0 radical (unpaired) electrons. The van der Waals surface area contributed by atoms with Crippen LogP contribution in [0.2, 0.25) is 0 Å². The van der Waals surface area contributed by atoms with Gasteiger partial charge in [-0.15, -0.1) is 0 Å². The van der Waals surface area contributed by atoms with Crippen LogP contribution in [0.5, 0.6) is 0 Å². The second-order valence-corrected chi connectivity index (χ2v) is 2.57. The van der Waals surface area contributed by atoms with Gasteiger partial charge >= 0.3 is 0 Å². The molecule has 1 aromatic heterocycles. The van der Waals surface area contributed by atoms with Crippen LogP contribution in [-0.4, -0.2) is 10.7 Å². The van der Waals surface area contributed by atoms with Crippen LogP contribution in [0.25, 0.3) is 6.08 Å². The summed E-state index contributed by atoms with van der Waals surface area (Å²) < 4.78 is 0. The Morgan fingerprint density at radius 1 is 1.58 bits per heavy atom. The molecule has 0 aliphatic rings. The highest BCUT2D eigenvalue weighted by molar-refractivity contribution is 7.80. The lowest BCUT2D eigenvalue weighted by Crippen LogP contribution is -2.07. The van der Waals surface area contributed by atoms with Crippen LogP contribution in [0.3, 0.4) is 0 Å². The topological polar surface area (TPSA) is 50.9 Å². The number of rotatable bonds is 3. The van der Waals surface area contributed by atoms with Gasteiger partial charge < -0.3 is 5.43 Å². The molecule has 3 N–H and O–H groups in total. The van der Waals surface area contributed by atoms with Gasteiger partial charge in [0.2, 0.25) is 0 Å². The third kappa shape index (κ3) is 2.56.